The molecular weight excluding hydrogens is 318 g/mol. The summed E-state index contributed by atoms with van der Waals surface area (Å²) in [6.07, 6.45) is 3.42. The molecule has 1 aromatic rings. The minimum atomic E-state index is -3.49. The van der Waals surface area contributed by atoms with E-state index in [-0.39, 0.29) is 0 Å². The molecule has 0 aliphatic carbocycles. The number of carbonyl (C=O) groups is 1. The van der Waals surface area contributed by atoms with Crippen molar-refractivity contribution in [2.75, 3.05) is 17.8 Å². The maximum absolute atomic E-state index is 12.4. The van der Waals surface area contributed by atoms with Crippen LogP contribution in [0.4, 0.5) is 10.5 Å². The fourth-order valence-electron chi connectivity index (χ4n) is 2.35. The first-order valence-corrected chi connectivity index (χ1v) is 9.11. The lowest BCUT2D eigenvalue weighted by molar-refractivity contribution is 0.0217. The van der Waals surface area contributed by atoms with Gasteiger partial charge in [0.15, 0.2) is 0 Å². The lowest BCUT2D eigenvalue weighted by Gasteiger charge is -2.33. The molecular formula is C15H23N3O4S. The molecule has 1 aliphatic rings. The minimum Gasteiger partial charge on any atom is -0.444 e. The number of hydrogen-bond acceptors (Lipinski definition) is 5. The summed E-state index contributed by atoms with van der Waals surface area (Å²) in [7, 11) is -3.49. The molecule has 1 aliphatic heterocycles. The molecule has 0 spiro atoms. The molecule has 8 heteroatoms. The van der Waals surface area contributed by atoms with E-state index in [0.717, 1.165) is 0 Å². The van der Waals surface area contributed by atoms with Gasteiger partial charge in [0.05, 0.1) is 17.1 Å². The number of pyridine rings is 1. The second kappa shape index (κ2) is 6.74. The van der Waals surface area contributed by atoms with Crippen LogP contribution in [0.3, 0.4) is 0 Å². The molecule has 1 aromatic heterocycles. The van der Waals surface area contributed by atoms with Crippen molar-refractivity contribution in [3.8, 4) is 0 Å². The lowest BCUT2D eigenvalue weighted by atomic mass is 10.1. The van der Waals surface area contributed by atoms with Crippen LogP contribution in [-0.2, 0) is 14.8 Å². The summed E-state index contributed by atoms with van der Waals surface area (Å²) in [5.74, 6) is 0. The standard InChI is InChI=1S/C15H23N3O4S/c1-15(2,3)22-14(19)18-9-6-13(7-10-18)23(20,21)17-12-5-4-8-16-11-12/h4-5,8,11,13,17H,6-7,9-10H2,1-3H3. The number of rotatable bonds is 3. The van der Waals surface area contributed by atoms with Crippen LogP contribution in [0.15, 0.2) is 24.5 Å². The first-order chi connectivity index (χ1) is 10.7. The maximum Gasteiger partial charge on any atom is 0.410 e. The molecule has 2 heterocycles. The van der Waals surface area contributed by atoms with Gasteiger partial charge >= 0.3 is 6.09 Å². The van der Waals surface area contributed by atoms with Crippen molar-refractivity contribution in [3.63, 3.8) is 0 Å². The number of sulfonamides is 1. The number of nitrogens with one attached hydrogen (secondary N) is 1. The van der Waals surface area contributed by atoms with E-state index in [0.29, 0.717) is 31.6 Å². The molecule has 0 radical (unpaired) electrons. The third-order valence-electron chi connectivity index (χ3n) is 3.45. The normalized spacial score (nSPS) is 16.9. The first kappa shape index (κ1) is 17.5. The Morgan fingerprint density at radius 1 is 1.35 bits per heavy atom. The van der Waals surface area contributed by atoms with Crippen LogP contribution in [0.25, 0.3) is 0 Å². The predicted molar refractivity (Wildman–Crippen MR) is 87.6 cm³/mol. The molecule has 0 unspecified atom stereocenters. The Balaban J connectivity index is 1.92. The summed E-state index contributed by atoms with van der Waals surface area (Å²) in [6.45, 7) is 6.15. The molecule has 1 saturated heterocycles. The number of anilines is 1. The van der Waals surface area contributed by atoms with Crippen molar-refractivity contribution in [1.29, 1.82) is 0 Å². The Hall–Kier alpha value is -1.83. The average molecular weight is 341 g/mol. The summed E-state index contributed by atoms with van der Waals surface area (Å²) >= 11 is 0. The van der Waals surface area contributed by atoms with Gasteiger partial charge in [-0.1, -0.05) is 0 Å². The van der Waals surface area contributed by atoms with Crippen molar-refractivity contribution < 1.29 is 17.9 Å². The summed E-state index contributed by atoms with van der Waals surface area (Å²) in [6, 6.07) is 3.32. The summed E-state index contributed by atoms with van der Waals surface area (Å²) < 4.78 is 32.6. The largest absolute Gasteiger partial charge is 0.444 e. The average Bonchev–Trinajstić information content (AvgIpc) is 2.46. The van der Waals surface area contributed by atoms with Gasteiger partial charge < -0.3 is 9.64 Å². The summed E-state index contributed by atoms with van der Waals surface area (Å²) in [4.78, 5) is 17.4. The number of aromatic nitrogens is 1. The third-order valence-corrected chi connectivity index (χ3v) is 5.32. The zero-order valence-electron chi connectivity index (χ0n) is 13.7. The SMILES string of the molecule is CC(C)(C)OC(=O)N1CCC(S(=O)(=O)Nc2cccnc2)CC1. The van der Waals surface area contributed by atoms with E-state index in [1.165, 1.54) is 6.20 Å². The number of hydrogen-bond donors (Lipinski definition) is 1. The Kier molecular flexibility index (Phi) is 5.13. The molecule has 128 valence electrons. The Morgan fingerprint density at radius 2 is 2.00 bits per heavy atom. The van der Waals surface area contributed by atoms with Crippen LogP contribution < -0.4 is 4.72 Å². The van der Waals surface area contributed by atoms with Crippen LogP contribution in [0, 0.1) is 0 Å². The quantitative estimate of drug-likeness (QED) is 0.910. The maximum atomic E-state index is 12.4. The highest BCUT2D eigenvalue weighted by Gasteiger charge is 2.33. The Bertz CT molecular complexity index is 632. The molecule has 23 heavy (non-hydrogen) atoms. The second-order valence-corrected chi connectivity index (χ2v) is 8.52. The highest BCUT2D eigenvalue weighted by molar-refractivity contribution is 7.93. The molecule has 7 nitrogen and oxygen atoms in total. The number of carbonyl (C=O) groups excluding carboxylic acids is 1. The number of ether oxygens (including phenoxy) is 1. The molecule has 1 N–H and O–H groups in total. The van der Waals surface area contributed by atoms with Crippen molar-refractivity contribution in [3.05, 3.63) is 24.5 Å². The number of likely N-dealkylation sites (tertiary alicyclic amines) is 1. The number of piperidine rings is 1. The number of nitrogens with zero attached hydrogens (tertiary/aromatic N) is 2. The van der Waals surface area contributed by atoms with Gasteiger partial charge in [-0.05, 0) is 45.7 Å². The van der Waals surface area contributed by atoms with E-state index in [9.17, 15) is 13.2 Å². The molecule has 1 fully saturated rings. The van der Waals surface area contributed by atoms with Gasteiger partial charge in [0.2, 0.25) is 10.0 Å². The van der Waals surface area contributed by atoms with E-state index in [4.69, 9.17) is 4.74 Å². The fraction of sp³-hybridized carbons (Fsp3) is 0.600. The van der Waals surface area contributed by atoms with Gasteiger partial charge in [0, 0.05) is 19.3 Å². The molecule has 0 saturated carbocycles. The van der Waals surface area contributed by atoms with Gasteiger partial charge in [-0.2, -0.15) is 0 Å². The predicted octanol–water partition coefficient (Wildman–Crippen LogP) is 2.22. The zero-order valence-corrected chi connectivity index (χ0v) is 14.5. The second-order valence-electron chi connectivity index (χ2n) is 6.56. The molecule has 2 rings (SSSR count). The highest BCUT2D eigenvalue weighted by Crippen LogP contribution is 2.21. The minimum absolute atomic E-state index is 0.369. The van der Waals surface area contributed by atoms with Crippen molar-refractivity contribution in [1.82, 2.24) is 9.88 Å². The Labute approximate surface area is 137 Å². The number of amides is 1. The molecule has 0 aromatic carbocycles. The van der Waals surface area contributed by atoms with Gasteiger partial charge in [0.25, 0.3) is 0 Å². The van der Waals surface area contributed by atoms with Crippen molar-refractivity contribution in [2.24, 2.45) is 0 Å². The molecule has 1 amide bonds. The summed E-state index contributed by atoms with van der Waals surface area (Å²) in [5.41, 5.74) is -0.107. The topological polar surface area (TPSA) is 88.6 Å². The third kappa shape index (κ3) is 5.09. The van der Waals surface area contributed by atoms with E-state index in [2.05, 4.69) is 9.71 Å². The Morgan fingerprint density at radius 3 is 2.52 bits per heavy atom. The van der Waals surface area contributed by atoms with Crippen molar-refractivity contribution in [2.45, 2.75) is 44.5 Å². The van der Waals surface area contributed by atoms with E-state index in [1.807, 2.05) is 0 Å². The van der Waals surface area contributed by atoms with Crippen molar-refractivity contribution >= 4 is 21.8 Å². The van der Waals surface area contributed by atoms with E-state index < -0.39 is 27.0 Å². The monoisotopic (exact) mass is 341 g/mol. The fourth-order valence-corrected chi connectivity index (χ4v) is 3.79. The van der Waals surface area contributed by atoms with E-state index >= 15 is 0 Å². The van der Waals surface area contributed by atoms with Gasteiger partial charge in [-0.15, -0.1) is 0 Å². The van der Waals surface area contributed by atoms with Crippen LogP contribution in [-0.4, -0.2) is 48.3 Å². The highest BCUT2D eigenvalue weighted by atomic mass is 32.2. The van der Waals surface area contributed by atoms with Crippen LogP contribution >= 0.6 is 0 Å². The van der Waals surface area contributed by atoms with Gasteiger partial charge in [-0.3, -0.25) is 9.71 Å². The van der Waals surface area contributed by atoms with Crippen LogP contribution in [0.5, 0.6) is 0 Å². The van der Waals surface area contributed by atoms with E-state index in [1.54, 1.807) is 44.0 Å². The molecule has 0 bridgehead atoms. The first-order valence-electron chi connectivity index (χ1n) is 7.57. The van der Waals surface area contributed by atoms with Gasteiger partial charge in [-0.25, -0.2) is 13.2 Å². The van der Waals surface area contributed by atoms with Crippen LogP contribution in [0.1, 0.15) is 33.6 Å². The summed E-state index contributed by atoms with van der Waals surface area (Å²) in [5, 5.41) is -0.526. The molecule has 0 atom stereocenters. The van der Waals surface area contributed by atoms with Crippen LogP contribution in [0.2, 0.25) is 0 Å². The van der Waals surface area contributed by atoms with Gasteiger partial charge in [0.1, 0.15) is 5.60 Å². The zero-order chi connectivity index (χ0) is 17.1. The lowest BCUT2D eigenvalue weighted by Crippen LogP contribution is -2.45. The smallest absolute Gasteiger partial charge is 0.410 e.